The molecule has 108 valence electrons. The summed E-state index contributed by atoms with van der Waals surface area (Å²) < 4.78 is 19.8. The number of hydrogen-bond donors (Lipinski definition) is 2. The minimum Gasteiger partial charge on any atom is -0.459 e. The zero-order valence-corrected chi connectivity index (χ0v) is 13.1. The summed E-state index contributed by atoms with van der Waals surface area (Å²) in [4.78, 5) is 0. The molecule has 1 atom stereocenters. The van der Waals surface area contributed by atoms with Gasteiger partial charge in [-0.2, -0.15) is 0 Å². The van der Waals surface area contributed by atoms with E-state index in [1.54, 1.807) is 18.2 Å². The molecule has 2 aromatic carbocycles. The first-order valence-electron chi connectivity index (χ1n) is 6.18. The first kappa shape index (κ1) is 14.5. The van der Waals surface area contributed by atoms with Gasteiger partial charge in [0.2, 0.25) is 0 Å². The van der Waals surface area contributed by atoms with Crippen LogP contribution in [0.4, 0.5) is 4.39 Å². The SMILES string of the molecule is NNC(c1ccc(Cl)c(Br)c1)c1cc2cc(F)ccc2o1. The van der Waals surface area contributed by atoms with Gasteiger partial charge in [-0.15, -0.1) is 0 Å². The number of rotatable bonds is 3. The Morgan fingerprint density at radius 2 is 2.00 bits per heavy atom. The maximum Gasteiger partial charge on any atom is 0.134 e. The Morgan fingerprint density at radius 3 is 2.71 bits per heavy atom. The van der Waals surface area contributed by atoms with Crippen LogP contribution < -0.4 is 11.3 Å². The molecule has 0 radical (unpaired) electrons. The van der Waals surface area contributed by atoms with Gasteiger partial charge in [-0.1, -0.05) is 17.7 Å². The summed E-state index contributed by atoms with van der Waals surface area (Å²) in [5.74, 6) is 5.94. The number of halogens is 3. The molecule has 3 aromatic rings. The van der Waals surface area contributed by atoms with Crippen molar-refractivity contribution in [3.63, 3.8) is 0 Å². The van der Waals surface area contributed by atoms with Crippen LogP contribution in [0.2, 0.25) is 5.02 Å². The van der Waals surface area contributed by atoms with Crippen LogP contribution >= 0.6 is 27.5 Å². The molecule has 0 saturated heterocycles. The molecule has 1 aromatic heterocycles. The van der Waals surface area contributed by atoms with E-state index in [4.69, 9.17) is 21.9 Å². The highest BCUT2D eigenvalue weighted by Crippen LogP contribution is 2.31. The van der Waals surface area contributed by atoms with E-state index in [0.717, 1.165) is 10.0 Å². The fourth-order valence-corrected chi connectivity index (χ4v) is 2.73. The highest BCUT2D eigenvalue weighted by molar-refractivity contribution is 9.10. The molecule has 1 unspecified atom stereocenters. The van der Waals surface area contributed by atoms with Gasteiger partial charge in [-0.25, -0.2) is 9.82 Å². The average Bonchev–Trinajstić information content (AvgIpc) is 2.86. The van der Waals surface area contributed by atoms with Crippen molar-refractivity contribution in [1.29, 1.82) is 0 Å². The van der Waals surface area contributed by atoms with Crippen LogP contribution in [0.15, 0.2) is 51.4 Å². The lowest BCUT2D eigenvalue weighted by Crippen LogP contribution is -2.28. The van der Waals surface area contributed by atoms with Crippen molar-refractivity contribution >= 4 is 38.5 Å². The number of nitrogens with one attached hydrogen (secondary N) is 1. The summed E-state index contributed by atoms with van der Waals surface area (Å²) in [5.41, 5.74) is 4.20. The standard InChI is InChI=1S/C15H11BrClFN2O/c16-11-6-8(1-3-12(11)17)15(20-19)14-7-9-5-10(18)2-4-13(9)21-14/h1-7,15,20H,19H2. The molecule has 0 aliphatic carbocycles. The molecule has 21 heavy (non-hydrogen) atoms. The number of furan rings is 1. The van der Waals surface area contributed by atoms with Crippen molar-refractivity contribution in [1.82, 2.24) is 5.43 Å². The lowest BCUT2D eigenvalue weighted by molar-refractivity contribution is 0.477. The Hall–Kier alpha value is -1.40. The predicted octanol–water partition coefficient (Wildman–Crippen LogP) is 4.54. The third-order valence-corrected chi connectivity index (χ3v) is 4.44. The van der Waals surface area contributed by atoms with E-state index >= 15 is 0 Å². The zero-order chi connectivity index (χ0) is 15.0. The van der Waals surface area contributed by atoms with Crippen molar-refractivity contribution in [2.45, 2.75) is 6.04 Å². The second-order valence-electron chi connectivity index (χ2n) is 4.60. The molecular weight excluding hydrogens is 359 g/mol. The van der Waals surface area contributed by atoms with Crippen LogP contribution in [0.1, 0.15) is 17.4 Å². The molecule has 0 fully saturated rings. The van der Waals surface area contributed by atoms with Gasteiger partial charge in [0.15, 0.2) is 0 Å². The number of benzene rings is 2. The molecular formula is C15H11BrClFN2O. The first-order valence-corrected chi connectivity index (χ1v) is 7.35. The van der Waals surface area contributed by atoms with Gasteiger partial charge in [-0.3, -0.25) is 5.84 Å². The van der Waals surface area contributed by atoms with E-state index in [1.807, 2.05) is 12.1 Å². The van der Waals surface area contributed by atoms with E-state index in [1.165, 1.54) is 12.1 Å². The normalized spacial score (nSPS) is 12.8. The summed E-state index contributed by atoms with van der Waals surface area (Å²) >= 11 is 9.37. The molecule has 0 spiro atoms. The molecule has 3 N–H and O–H groups in total. The highest BCUT2D eigenvalue weighted by Gasteiger charge is 2.18. The van der Waals surface area contributed by atoms with Crippen LogP contribution in [0.5, 0.6) is 0 Å². The van der Waals surface area contributed by atoms with E-state index in [2.05, 4.69) is 21.4 Å². The van der Waals surface area contributed by atoms with Crippen molar-refractivity contribution in [3.8, 4) is 0 Å². The van der Waals surface area contributed by atoms with Gasteiger partial charge in [0.1, 0.15) is 23.2 Å². The monoisotopic (exact) mass is 368 g/mol. The molecule has 6 heteroatoms. The Balaban J connectivity index is 2.06. The lowest BCUT2D eigenvalue weighted by Gasteiger charge is -2.14. The molecule has 0 aliphatic heterocycles. The van der Waals surface area contributed by atoms with E-state index in [9.17, 15) is 4.39 Å². The molecule has 3 rings (SSSR count). The van der Waals surface area contributed by atoms with Crippen LogP contribution in [-0.2, 0) is 0 Å². The van der Waals surface area contributed by atoms with Crippen LogP contribution in [0, 0.1) is 5.82 Å². The van der Waals surface area contributed by atoms with Crippen LogP contribution in [0.25, 0.3) is 11.0 Å². The Morgan fingerprint density at radius 1 is 1.19 bits per heavy atom. The third-order valence-electron chi connectivity index (χ3n) is 3.23. The van der Waals surface area contributed by atoms with Crippen LogP contribution in [-0.4, -0.2) is 0 Å². The van der Waals surface area contributed by atoms with Crippen molar-refractivity contribution < 1.29 is 8.81 Å². The Labute approximate surface area is 134 Å². The fraction of sp³-hybridized carbons (Fsp3) is 0.0667. The number of hydrogen-bond acceptors (Lipinski definition) is 3. The average molecular weight is 370 g/mol. The van der Waals surface area contributed by atoms with Crippen molar-refractivity contribution in [2.24, 2.45) is 5.84 Å². The largest absolute Gasteiger partial charge is 0.459 e. The molecule has 0 aliphatic rings. The summed E-state index contributed by atoms with van der Waals surface area (Å²) in [6, 6.07) is 11.3. The predicted molar refractivity (Wildman–Crippen MR) is 84.5 cm³/mol. The number of nitrogens with two attached hydrogens (primary N) is 1. The zero-order valence-electron chi connectivity index (χ0n) is 10.7. The smallest absolute Gasteiger partial charge is 0.134 e. The van der Waals surface area contributed by atoms with E-state index < -0.39 is 0 Å². The Bertz CT molecular complexity index is 805. The molecule has 0 amide bonds. The number of hydrazine groups is 1. The van der Waals surface area contributed by atoms with Gasteiger partial charge >= 0.3 is 0 Å². The maximum absolute atomic E-state index is 13.2. The van der Waals surface area contributed by atoms with Crippen molar-refractivity contribution in [3.05, 3.63) is 69.1 Å². The summed E-state index contributed by atoms with van der Waals surface area (Å²) in [5, 5.41) is 1.31. The second-order valence-corrected chi connectivity index (χ2v) is 5.87. The minimum absolute atomic E-state index is 0.304. The summed E-state index contributed by atoms with van der Waals surface area (Å²) in [6.45, 7) is 0. The highest BCUT2D eigenvalue weighted by atomic mass is 79.9. The minimum atomic E-state index is -0.353. The van der Waals surface area contributed by atoms with Gasteiger partial charge in [0.05, 0.1) is 5.02 Å². The topological polar surface area (TPSA) is 51.2 Å². The number of fused-ring (bicyclic) bond motifs is 1. The second kappa shape index (κ2) is 5.77. The van der Waals surface area contributed by atoms with Crippen molar-refractivity contribution in [2.75, 3.05) is 0 Å². The lowest BCUT2D eigenvalue weighted by atomic mass is 10.1. The van der Waals surface area contributed by atoms with Gasteiger partial charge < -0.3 is 4.42 Å². The van der Waals surface area contributed by atoms with Crippen LogP contribution in [0.3, 0.4) is 0 Å². The molecule has 0 saturated carbocycles. The summed E-state index contributed by atoms with van der Waals surface area (Å²) in [7, 11) is 0. The molecule has 3 nitrogen and oxygen atoms in total. The van der Waals surface area contributed by atoms with E-state index in [-0.39, 0.29) is 11.9 Å². The maximum atomic E-state index is 13.2. The fourth-order valence-electron chi connectivity index (χ4n) is 2.21. The third kappa shape index (κ3) is 2.82. The van der Waals surface area contributed by atoms with Gasteiger partial charge in [0, 0.05) is 9.86 Å². The molecule has 0 bridgehead atoms. The van der Waals surface area contributed by atoms with E-state index in [0.29, 0.717) is 21.8 Å². The van der Waals surface area contributed by atoms with Gasteiger partial charge in [-0.05, 0) is 57.9 Å². The quantitative estimate of drug-likeness (QED) is 0.526. The molecule has 1 heterocycles. The first-order chi connectivity index (χ1) is 10.1. The summed E-state index contributed by atoms with van der Waals surface area (Å²) in [6.07, 6.45) is 0. The van der Waals surface area contributed by atoms with Gasteiger partial charge in [0.25, 0.3) is 0 Å². The Kier molecular flexibility index (Phi) is 3.99.